The third kappa shape index (κ3) is 6.58. The molecule has 176 valence electrons. The SMILES string of the molecule is COC(=O)[C@@H](Cc1ccc(OCc2ccccc2)cc1)NC(=O)c1ccc(-c2ccccc2)cc1. The first kappa shape index (κ1) is 23.8. The molecule has 1 atom stereocenters. The fraction of sp³-hybridized carbons (Fsp3) is 0.133. The van der Waals surface area contributed by atoms with E-state index in [-0.39, 0.29) is 5.91 Å². The van der Waals surface area contributed by atoms with Gasteiger partial charge in [0.05, 0.1) is 7.11 Å². The maximum absolute atomic E-state index is 12.8. The summed E-state index contributed by atoms with van der Waals surface area (Å²) in [5, 5.41) is 2.81. The smallest absolute Gasteiger partial charge is 0.328 e. The third-order valence-electron chi connectivity index (χ3n) is 5.66. The molecule has 0 saturated heterocycles. The average Bonchev–Trinajstić information content (AvgIpc) is 2.93. The van der Waals surface area contributed by atoms with Crippen LogP contribution >= 0.6 is 0 Å². The Kier molecular flexibility index (Phi) is 7.92. The fourth-order valence-electron chi connectivity index (χ4n) is 3.72. The molecule has 0 aliphatic carbocycles. The minimum atomic E-state index is -0.808. The lowest BCUT2D eigenvalue weighted by atomic mass is 10.0. The third-order valence-corrected chi connectivity index (χ3v) is 5.66. The van der Waals surface area contributed by atoms with Gasteiger partial charge in [-0.3, -0.25) is 4.79 Å². The van der Waals surface area contributed by atoms with Crippen molar-refractivity contribution in [2.75, 3.05) is 7.11 Å². The lowest BCUT2D eigenvalue weighted by molar-refractivity contribution is -0.142. The van der Waals surface area contributed by atoms with E-state index in [9.17, 15) is 9.59 Å². The number of carbonyl (C=O) groups excluding carboxylic acids is 2. The van der Waals surface area contributed by atoms with Crippen LogP contribution in [0.4, 0.5) is 0 Å². The van der Waals surface area contributed by atoms with E-state index in [2.05, 4.69) is 5.32 Å². The van der Waals surface area contributed by atoms with E-state index in [4.69, 9.17) is 9.47 Å². The highest BCUT2D eigenvalue weighted by Gasteiger charge is 2.22. The Morgan fingerprint density at radius 2 is 1.31 bits per heavy atom. The Hall–Kier alpha value is -4.38. The van der Waals surface area contributed by atoms with Gasteiger partial charge in [0.2, 0.25) is 0 Å². The molecule has 4 aromatic rings. The van der Waals surface area contributed by atoms with E-state index in [0.717, 1.165) is 28.0 Å². The molecule has 0 heterocycles. The Bertz CT molecular complexity index is 1240. The second-order valence-electron chi connectivity index (χ2n) is 8.11. The number of carbonyl (C=O) groups is 2. The van der Waals surface area contributed by atoms with Crippen molar-refractivity contribution in [3.63, 3.8) is 0 Å². The normalized spacial score (nSPS) is 11.3. The Morgan fingerprint density at radius 1 is 0.714 bits per heavy atom. The molecule has 4 aromatic carbocycles. The molecule has 0 fully saturated rings. The molecule has 0 bridgehead atoms. The van der Waals surface area contributed by atoms with Crippen LogP contribution in [0, 0.1) is 0 Å². The molecule has 0 aliphatic rings. The topological polar surface area (TPSA) is 64.6 Å². The van der Waals surface area contributed by atoms with E-state index in [0.29, 0.717) is 18.6 Å². The van der Waals surface area contributed by atoms with Crippen molar-refractivity contribution in [3.05, 3.63) is 126 Å². The Labute approximate surface area is 205 Å². The van der Waals surface area contributed by atoms with Crippen molar-refractivity contribution < 1.29 is 19.1 Å². The molecule has 0 aliphatic heterocycles. The summed E-state index contributed by atoms with van der Waals surface area (Å²) < 4.78 is 10.8. The van der Waals surface area contributed by atoms with E-state index in [1.807, 2.05) is 97.1 Å². The number of methoxy groups -OCH3 is 1. The monoisotopic (exact) mass is 465 g/mol. The summed E-state index contributed by atoms with van der Waals surface area (Å²) >= 11 is 0. The molecule has 0 radical (unpaired) electrons. The molecular formula is C30H27NO4. The minimum Gasteiger partial charge on any atom is -0.489 e. The standard InChI is InChI=1S/C30H27NO4/c1-34-30(33)28(20-22-12-18-27(19-13-22)35-21-23-8-4-2-5-9-23)31-29(32)26-16-14-25(15-17-26)24-10-6-3-7-11-24/h2-19,28H,20-21H2,1H3,(H,31,32)/t28-/m1/s1. The summed E-state index contributed by atoms with van der Waals surface area (Å²) in [4.78, 5) is 25.2. The maximum Gasteiger partial charge on any atom is 0.328 e. The summed E-state index contributed by atoms with van der Waals surface area (Å²) in [6.07, 6.45) is 0.305. The first-order chi connectivity index (χ1) is 17.1. The number of benzene rings is 4. The van der Waals surface area contributed by atoms with Gasteiger partial charge < -0.3 is 14.8 Å². The van der Waals surface area contributed by atoms with Gasteiger partial charge in [-0.1, -0.05) is 84.9 Å². The Balaban J connectivity index is 1.38. The molecule has 1 N–H and O–H groups in total. The van der Waals surface area contributed by atoms with Crippen LogP contribution in [0.15, 0.2) is 109 Å². The fourth-order valence-corrected chi connectivity index (χ4v) is 3.72. The van der Waals surface area contributed by atoms with Gasteiger partial charge in [-0.15, -0.1) is 0 Å². The highest BCUT2D eigenvalue weighted by Crippen LogP contribution is 2.20. The summed E-state index contributed by atoms with van der Waals surface area (Å²) in [7, 11) is 1.32. The van der Waals surface area contributed by atoms with Crippen molar-refractivity contribution in [2.45, 2.75) is 19.1 Å². The second kappa shape index (κ2) is 11.7. The van der Waals surface area contributed by atoms with Crippen molar-refractivity contribution in [2.24, 2.45) is 0 Å². The van der Waals surface area contributed by atoms with Crippen molar-refractivity contribution in [3.8, 4) is 16.9 Å². The number of rotatable bonds is 9. The van der Waals surface area contributed by atoms with Crippen LogP contribution in [0.5, 0.6) is 5.75 Å². The number of esters is 1. The van der Waals surface area contributed by atoms with Crippen LogP contribution in [0.25, 0.3) is 11.1 Å². The van der Waals surface area contributed by atoms with Crippen LogP contribution in [0.3, 0.4) is 0 Å². The molecule has 0 saturated carbocycles. The largest absolute Gasteiger partial charge is 0.489 e. The highest BCUT2D eigenvalue weighted by atomic mass is 16.5. The van der Waals surface area contributed by atoms with E-state index in [1.54, 1.807) is 12.1 Å². The summed E-state index contributed by atoms with van der Waals surface area (Å²) in [6.45, 7) is 0.476. The lowest BCUT2D eigenvalue weighted by Gasteiger charge is -2.17. The van der Waals surface area contributed by atoms with Crippen LogP contribution in [-0.4, -0.2) is 25.0 Å². The summed E-state index contributed by atoms with van der Waals surface area (Å²) in [5.74, 6) is -0.0961. The molecule has 35 heavy (non-hydrogen) atoms. The molecular weight excluding hydrogens is 438 g/mol. The van der Waals surface area contributed by atoms with Gasteiger partial charge in [-0.05, 0) is 46.5 Å². The molecule has 5 heteroatoms. The zero-order chi connectivity index (χ0) is 24.5. The molecule has 4 rings (SSSR count). The van der Waals surface area contributed by atoms with Gasteiger partial charge in [0, 0.05) is 12.0 Å². The highest BCUT2D eigenvalue weighted by molar-refractivity contribution is 5.97. The lowest BCUT2D eigenvalue weighted by Crippen LogP contribution is -2.43. The average molecular weight is 466 g/mol. The number of amides is 1. The zero-order valence-corrected chi connectivity index (χ0v) is 19.5. The van der Waals surface area contributed by atoms with Gasteiger partial charge in [0.1, 0.15) is 18.4 Å². The number of hydrogen-bond acceptors (Lipinski definition) is 4. The van der Waals surface area contributed by atoms with Gasteiger partial charge in [0.15, 0.2) is 0 Å². The predicted octanol–water partition coefficient (Wildman–Crippen LogP) is 5.45. The summed E-state index contributed by atoms with van der Waals surface area (Å²) in [6, 6.07) is 33.8. The first-order valence-electron chi connectivity index (χ1n) is 11.4. The molecule has 5 nitrogen and oxygen atoms in total. The molecule has 1 amide bonds. The van der Waals surface area contributed by atoms with Gasteiger partial charge in [-0.2, -0.15) is 0 Å². The molecule has 0 aromatic heterocycles. The summed E-state index contributed by atoms with van der Waals surface area (Å²) in [5.41, 5.74) is 4.53. The van der Waals surface area contributed by atoms with Gasteiger partial charge >= 0.3 is 5.97 Å². The van der Waals surface area contributed by atoms with Crippen LogP contribution in [-0.2, 0) is 22.6 Å². The first-order valence-corrected chi connectivity index (χ1v) is 11.4. The van der Waals surface area contributed by atoms with Crippen LogP contribution in [0.1, 0.15) is 21.5 Å². The maximum atomic E-state index is 12.8. The van der Waals surface area contributed by atoms with Gasteiger partial charge in [0.25, 0.3) is 5.91 Å². The molecule has 0 unspecified atom stereocenters. The Morgan fingerprint density at radius 3 is 1.94 bits per heavy atom. The zero-order valence-electron chi connectivity index (χ0n) is 19.5. The number of ether oxygens (including phenoxy) is 2. The number of hydrogen-bond donors (Lipinski definition) is 1. The van der Waals surface area contributed by atoms with Crippen molar-refractivity contribution in [1.29, 1.82) is 0 Å². The predicted molar refractivity (Wildman–Crippen MR) is 136 cm³/mol. The minimum absolute atomic E-state index is 0.305. The van der Waals surface area contributed by atoms with Crippen LogP contribution in [0.2, 0.25) is 0 Å². The van der Waals surface area contributed by atoms with Crippen LogP contribution < -0.4 is 10.1 Å². The quantitative estimate of drug-likeness (QED) is 0.334. The number of nitrogens with one attached hydrogen (secondary N) is 1. The van der Waals surface area contributed by atoms with E-state index >= 15 is 0 Å². The second-order valence-corrected chi connectivity index (χ2v) is 8.11. The van der Waals surface area contributed by atoms with E-state index < -0.39 is 12.0 Å². The van der Waals surface area contributed by atoms with Gasteiger partial charge in [-0.25, -0.2) is 4.79 Å². The van der Waals surface area contributed by atoms with Crippen molar-refractivity contribution in [1.82, 2.24) is 5.32 Å². The molecule has 0 spiro atoms. The van der Waals surface area contributed by atoms with Crippen molar-refractivity contribution >= 4 is 11.9 Å². The van der Waals surface area contributed by atoms with E-state index in [1.165, 1.54) is 7.11 Å².